The van der Waals surface area contributed by atoms with Crippen LogP contribution in [0.5, 0.6) is 0 Å². The molecule has 3 rings (SSSR count). The molecule has 2 aromatic carbocycles. The second kappa shape index (κ2) is 5.44. The number of hydrogen-bond acceptors (Lipinski definition) is 2. The summed E-state index contributed by atoms with van der Waals surface area (Å²) in [7, 11) is 0. The molecule has 0 saturated carbocycles. The van der Waals surface area contributed by atoms with Crippen molar-refractivity contribution in [3.8, 4) is 0 Å². The van der Waals surface area contributed by atoms with E-state index in [1.165, 1.54) is 0 Å². The summed E-state index contributed by atoms with van der Waals surface area (Å²) in [5, 5.41) is 7.56. The Morgan fingerprint density at radius 2 is 1.68 bits per heavy atom. The lowest BCUT2D eigenvalue weighted by Crippen LogP contribution is -2.19. The molecule has 2 aromatic rings. The molecule has 0 spiro atoms. The Morgan fingerprint density at radius 3 is 2.41 bits per heavy atom. The van der Waals surface area contributed by atoms with E-state index in [1.54, 1.807) is 18.2 Å². The molecule has 112 valence electrons. The number of urea groups is 1. The first-order chi connectivity index (χ1) is 10.5. The third kappa shape index (κ3) is 3.03. The van der Waals surface area contributed by atoms with Gasteiger partial charge in [0.1, 0.15) is 11.6 Å². The monoisotopic (exact) mass is 303 g/mol. The number of carbonyl (C=O) groups excluding carboxylic acids is 2. The van der Waals surface area contributed by atoms with Crippen LogP contribution in [-0.2, 0) is 11.2 Å². The van der Waals surface area contributed by atoms with Crippen LogP contribution in [-0.4, -0.2) is 11.9 Å². The van der Waals surface area contributed by atoms with Crippen molar-refractivity contribution in [3.63, 3.8) is 0 Å². The number of benzene rings is 2. The summed E-state index contributed by atoms with van der Waals surface area (Å²) in [4.78, 5) is 23.1. The highest BCUT2D eigenvalue weighted by Gasteiger charge is 2.17. The van der Waals surface area contributed by atoms with Crippen molar-refractivity contribution >= 4 is 29.0 Å². The van der Waals surface area contributed by atoms with Gasteiger partial charge in [0, 0.05) is 23.1 Å². The van der Waals surface area contributed by atoms with Crippen LogP contribution in [0.15, 0.2) is 36.4 Å². The van der Waals surface area contributed by atoms with Crippen LogP contribution in [0, 0.1) is 11.6 Å². The predicted octanol–water partition coefficient (Wildman–Crippen LogP) is 3.10. The Balaban J connectivity index is 1.69. The summed E-state index contributed by atoms with van der Waals surface area (Å²) in [6, 6.07) is 7.06. The number of hydrogen-bond donors (Lipinski definition) is 3. The summed E-state index contributed by atoms with van der Waals surface area (Å²) in [6.07, 6.45) is 0.252. The summed E-state index contributed by atoms with van der Waals surface area (Å²) < 4.78 is 26.1. The normalized spacial score (nSPS) is 12.5. The van der Waals surface area contributed by atoms with Gasteiger partial charge in [-0.25, -0.2) is 13.6 Å². The van der Waals surface area contributed by atoms with E-state index in [9.17, 15) is 18.4 Å². The van der Waals surface area contributed by atoms with Gasteiger partial charge < -0.3 is 16.0 Å². The SMILES string of the molecule is O=C1Cc2cc(NC(=O)Nc3cc(F)cc(F)c3)ccc2N1. The highest BCUT2D eigenvalue weighted by molar-refractivity contribution is 6.02. The maximum Gasteiger partial charge on any atom is 0.323 e. The van der Waals surface area contributed by atoms with Gasteiger partial charge in [0.05, 0.1) is 6.42 Å². The standard InChI is InChI=1S/C15H11F2N3O2/c16-9-5-10(17)7-12(6-9)19-15(22)18-11-1-2-13-8(3-11)4-14(21)20-13/h1-3,5-7H,4H2,(H,20,21)(H2,18,19,22). The first kappa shape index (κ1) is 14.0. The Kier molecular flexibility index (Phi) is 3.46. The van der Waals surface area contributed by atoms with Crippen LogP contribution in [0.4, 0.5) is 30.6 Å². The average molecular weight is 303 g/mol. The zero-order valence-corrected chi connectivity index (χ0v) is 11.2. The molecule has 0 saturated heterocycles. The quantitative estimate of drug-likeness (QED) is 0.798. The van der Waals surface area contributed by atoms with Crippen molar-refractivity contribution in [2.24, 2.45) is 0 Å². The molecule has 1 heterocycles. The topological polar surface area (TPSA) is 70.2 Å². The first-order valence-corrected chi connectivity index (χ1v) is 6.46. The molecule has 0 radical (unpaired) electrons. The van der Waals surface area contributed by atoms with Crippen molar-refractivity contribution in [2.45, 2.75) is 6.42 Å². The van der Waals surface area contributed by atoms with E-state index < -0.39 is 17.7 Å². The van der Waals surface area contributed by atoms with Crippen molar-refractivity contribution in [1.82, 2.24) is 0 Å². The van der Waals surface area contributed by atoms with Gasteiger partial charge >= 0.3 is 6.03 Å². The van der Waals surface area contributed by atoms with Gasteiger partial charge in [-0.1, -0.05) is 0 Å². The predicted molar refractivity (Wildman–Crippen MR) is 77.8 cm³/mol. The largest absolute Gasteiger partial charge is 0.326 e. The number of fused-ring (bicyclic) bond motifs is 1. The van der Waals surface area contributed by atoms with E-state index in [0.29, 0.717) is 17.4 Å². The number of nitrogens with one attached hydrogen (secondary N) is 3. The van der Waals surface area contributed by atoms with Crippen molar-refractivity contribution < 1.29 is 18.4 Å². The molecule has 7 heteroatoms. The minimum Gasteiger partial charge on any atom is -0.326 e. The van der Waals surface area contributed by atoms with Crippen LogP contribution in [0.25, 0.3) is 0 Å². The van der Waals surface area contributed by atoms with Gasteiger partial charge in [-0.15, -0.1) is 0 Å². The zero-order chi connectivity index (χ0) is 15.7. The van der Waals surface area contributed by atoms with E-state index in [4.69, 9.17) is 0 Å². The van der Waals surface area contributed by atoms with Crippen LogP contribution < -0.4 is 16.0 Å². The maximum absolute atomic E-state index is 13.0. The van der Waals surface area contributed by atoms with E-state index in [0.717, 1.165) is 17.7 Å². The third-order valence-corrected chi connectivity index (χ3v) is 3.11. The van der Waals surface area contributed by atoms with Gasteiger partial charge in [-0.2, -0.15) is 0 Å². The molecule has 1 aliphatic rings. The Labute approximate surface area is 124 Å². The van der Waals surface area contributed by atoms with Gasteiger partial charge in [-0.05, 0) is 35.9 Å². The fourth-order valence-electron chi connectivity index (χ4n) is 2.23. The van der Waals surface area contributed by atoms with Gasteiger partial charge in [0.15, 0.2) is 0 Å². The number of carbonyl (C=O) groups is 2. The number of halogens is 2. The van der Waals surface area contributed by atoms with Crippen LogP contribution in [0.1, 0.15) is 5.56 Å². The fraction of sp³-hybridized carbons (Fsp3) is 0.0667. The van der Waals surface area contributed by atoms with Gasteiger partial charge in [0.25, 0.3) is 0 Å². The molecule has 0 aliphatic carbocycles. The number of anilines is 3. The molecule has 0 bridgehead atoms. The molecular formula is C15H11F2N3O2. The number of rotatable bonds is 2. The minimum absolute atomic E-state index is 0.00741. The van der Waals surface area contributed by atoms with Gasteiger partial charge in [-0.3, -0.25) is 4.79 Å². The first-order valence-electron chi connectivity index (χ1n) is 6.46. The summed E-state index contributed by atoms with van der Waals surface area (Å²) in [5.41, 5.74) is 1.97. The highest BCUT2D eigenvalue weighted by Crippen LogP contribution is 2.26. The van der Waals surface area contributed by atoms with Crippen molar-refractivity contribution in [2.75, 3.05) is 16.0 Å². The molecule has 0 aromatic heterocycles. The molecule has 0 atom stereocenters. The molecule has 3 amide bonds. The van der Waals surface area contributed by atoms with Crippen molar-refractivity contribution in [1.29, 1.82) is 0 Å². The molecule has 22 heavy (non-hydrogen) atoms. The smallest absolute Gasteiger partial charge is 0.323 e. The Morgan fingerprint density at radius 1 is 1.00 bits per heavy atom. The zero-order valence-electron chi connectivity index (χ0n) is 11.2. The molecule has 0 unspecified atom stereocenters. The van der Waals surface area contributed by atoms with E-state index in [1.807, 2.05) is 0 Å². The lowest BCUT2D eigenvalue weighted by molar-refractivity contribution is -0.115. The second-order valence-electron chi connectivity index (χ2n) is 4.83. The Hall–Kier alpha value is -2.96. The summed E-state index contributed by atoms with van der Waals surface area (Å²) >= 11 is 0. The van der Waals surface area contributed by atoms with Crippen LogP contribution >= 0.6 is 0 Å². The van der Waals surface area contributed by atoms with Gasteiger partial charge in [0.2, 0.25) is 5.91 Å². The summed E-state index contributed by atoms with van der Waals surface area (Å²) in [5.74, 6) is -1.67. The van der Waals surface area contributed by atoms with E-state index in [-0.39, 0.29) is 18.0 Å². The third-order valence-electron chi connectivity index (χ3n) is 3.11. The average Bonchev–Trinajstić information content (AvgIpc) is 2.76. The molecule has 0 fully saturated rings. The van der Waals surface area contributed by atoms with Crippen LogP contribution in [0.3, 0.4) is 0 Å². The van der Waals surface area contributed by atoms with Crippen LogP contribution in [0.2, 0.25) is 0 Å². The highest BCUT2D eigenvalue weighted by atomic mass is 19.1. The second-order valence-corrected chi connectivity index (χ2v) is 4.83. The lowest BCUT2D eigenvalue weighted by Gasteiger charge is -2.09. The molecule has 3 N–H and O–H groups in total. The minimum atomic E-state index is -0.780. The van der Waals surface area contributed by atoms with E-state index >= 15 is 0 Å². The van der Waals surface area contributed by atoms with E-state index in [2.05, 4.69) is 16.0 Å². The molecular weight excluding hydrogens is 292 g/mol. The lowest BCUT2D eigenvalue weighted by atomic mass is 10.1. The molecule has 5 nitrogen and oxygen atoms in total. The number of amides is 3. The van der Waals surface area contributed by atoms with Crippen molar-refractivity contribution in [3.05, 3.63) is 53.6 Å². The summed E-state index contributed by atoms with van der Waals surface area (Å²) in [6.45, 7) is 0. The molecule has 1 aliphatic heterocycles. The fourth-order valence-corrected chi connectivity index (χ4v) is 2.23. The maximum atomic E-state index is 13.0. The Bertz CT molecular complexity index is 757.